The number of carbonyl (C=O) groups is 1. The summed E-state index contributed by atoms with van der Waals surface area (Å²) in [6, 6.07) is 8.86. The first-order chi connectivity index (χ1) is 19.0. The molecule has 1 amide bonds. The third-order valence-corrected chi connectivity index (χ3v) is 18.4. The highest BCUT2D eigenvalue weighted by Gasteiger charge is 2.53. The van der Waals surface area contributed by atoms with E-state index in [1.807, 2.05) is 22.8 Å². The molecule has 1 aliphatic carbocycles. The van der Waals surface area contributed by atoms with Crippen molar-refractivity contribution in [3.8, 4) is 0 Å². The van der Waals surface area contributed by atoms with E-state index >= 15 is 0 Å². The average molecular weight is 598 g/mol. The van der Waals surface area contributed by atoms with Crippen LogP contribution < -0.4 is 5.32 Å². The Morgan fingerprint density at radius 3 is 2.10 bits per heavy atom. The topological polar surface area (TPSA) is 111 Å². The van der Waals surface area contributed by atoms with E-state index in [0.717, 1.165) is 0 Å². The normalized spacial score (nSPS) is 22.3. The minimum absolute atomic E-state index is 0.00709. The second-order valence-electron chi connectivity index (χ2n) is 14.3. The monoisotopic (exact) mass is 597 g/mol. The van der Waals surface area contributed by atoms with E-state index in [1.54, 1.807) is 18.5 Å². The van der Waals surface area contributed by atoms with Crippen LogP contribution in [0.15, 0.2) is 43.0 Å². The van der Waals surface area contributed by atoms with E-state index in [0.29, 0.717) is 29.0 Å². The maximum atomic E-state index is 12.9. The minimum Gasteiger partial charge on any atom is -0.411 e. The molecule has 11 heteroatoms. The van der Waals surface area contributed by atoms with Crippen LogP contribution >= 0.6 is 0 Å². The third kappa shape index (κ3) is 6.34. The largest absolute Gasteiger partial charge is 0.411 e. The number of benzene rings is 1. The maximum Gasteiger partial charge on any atom is 0.256 e. The van der Waals surface area contributed by atoms with Crippen LogP contribution in [0.1, 0.15) is 64.4 Å². The molecule has 0 aliphatic heterocycles. The van der Waals surface area contributed by atoms with Gasteiger partial charge in [-0.05, 0) is 54.8 Å². The van der Waals surface area contributed by atoms with Gasteiger partial charge in [-0.3, -0.25) is 4.79 Å². The Morgan fingerprint density at radius 1 is 0.951 bits per heavy atom. The molecule has 0 spiro atoms. The van der Waals surface area contributed by atoms with Crippen molar-refractivity contribution >= 4 is 39.5 Å². The van der Waals surface area contributed by atoms with Crippen LogP contribution in [0.4, 0.5) is 5.82 Å². The van der Waals surface area contributed by atoms with Crippen molar-refractivity contribution in [2.24, 2.45) is 5.92 Å². The van der Waals surface area contributed by atoms with Crippen molar-refractivity contribution in [2.45, 2.75) is 102 Å². The Balaban J connectivity index is 1.76. The smallest absolute Gasteiger partial charge is 0.256 e. The lowest BCUT2D eigenvalue weighted by atomic mass is 10.1. The summed E-state index contributed by atoms with van der Waals surface area (Å²) in [6.07, 6.45) is 3.31. The average Bonchev–Trinajstić information content (AvgIpc) is 3.44. The van der Waals surface area contributed by atoms with E-state index in [9.17, 15) is 9.90 Å². The molecule has 3 aromatic rings. The summed E-state index contributed by atoms with van der Waals surface area (Å²) in [4.78, 5) is 26.5. The number of imidazole rings is 1. The lowest BCUT2D eigenvalue weighted by Crippen LogP contribution is -2.53. The first kappa shape index (κ1) is 31.5. The van der Waals surface area contributed by atoms with Gasteiger partial charge in [0.05, 0.1) is 24.6 Å². The highest BCUT2D eigenvalue weighted by Crippen LogP contribution is 2.48. The number of nitrogens with one attached hydrogen (secondary N) is 1. The van der Waals surface area contributed by atoms with Crippen molar-refractivity contribution in [2.75, 3.05) is 11.9 Å². The van der Waals surface area contributed by atoms with Gasteiger partial charge in [-0.15, -0.1) is 0 Å². The molecule has 0 bridgehead atoms. The Kier molecular flexibility index (Phi) is 8.70. The number of fused-ring (bicyclic) bond motifs is 1. The van der Waals surface area contributed by atoms with Gasteiger partial charge in [-0.2, -0.15) is 0 Å². The fourth-order valence-corrected chi connectivity index (χ4v) is 7.50. The van der Waals surface area contributed by atoms with E-state index in [2.05, 4.69) is 88.0 Å². The first-order valence-electron chi connectivity index (χ1n) is 14.5. The molecule has 0 unspecified atom stereocenters. The van der Waals surface area contributed by atoms with Gasteiger partial charge >= 0.3 is 0 Å². The van der Waals surface area contributed by atoms with Gasteiger partial charge in [-0.25, -0.2) is 15.0 Å². The second kappa shape index (κ2) is 11.3. The molecular weight excluding hydrogens is 551 g/mol. The van der Waals surface area contributed by atoms with E-state index < -0.39 is 16.6 Å². The quantitative estimate of drug-likeness (QED) is 0.289. The van der Waals surface area contributed by atoms with E-state index in [1.165, 1.54) is 6.33 Å². The number of hydrogen-bond donors (Lipinski definition) is 2. The molecule has 1 aromatic carbocycles. The first-order valence-corrected chi connectivity index (χ1v) is 20.3. The number of nitrogens with zero attached hydrogens (tertiary/aromatic N) is 4. The highest BCUT2D eigenvalue weighted by molar-refractivity contribution is 6.74. The van der Waals surface area contributed by atoms with Crippen LogP contribution in [0, 0.1) is 5.92 Å². The zero-order valence-corrected chi connectivity index (χ0v) is 28.2. The number of amides is 1. The minimum atomic E-state index is -2.24. The molecule has 2 aromatic heterocycles. The summed E-state index contributed by atoms with van der Waals surface area (Å²) in [6.45, 7) is 22.4. The van der Waals surface area contributed by atoms with Crippen LogP contribution in [0.2, 0.25) is 36.3 Å². The number of anilines is 1. The summed E-state index contributed by atoms with van der Waals surface area (Å²) in [7, 11) is -4.43. The van der Waals surface area contributed by atoms with Crippen LogP contribution in [-0.2, 0) is 8.85 Å². The molecule has 9 nitrogen and oxygen atoms in total. The van der Waals surface area contributed by atoms with Gasteiger partial charge in [0.1, 0.15) is 6.33 Å². The molecular formula is C30H47N5O4Si2. The van der Waals surface area contributed by atoms with Crippen molar-refractivity contribution in [3.05, 3.63) is 48.5 Å². The summed E-state index contributed by atoms with van der Waals surface area (Å²) < 4.78 is 16.3. The lowest BCUT2D eigenvalue weighted by molar-refractivity contribution is 0.0110. The zero-order valence-electron chi connectivity index (χ0n) is 26.2. The molecule has 1 fully saturated rings. The Morgan fingerprint density at radius 2 is 1.54 bits per heavy atom. The number of carbonyl (C=O) groups excluding carboxylic acids is 1. The van der Waals surface area contributed by atoms with Crippen LogP contribution in [0.25, 0.3) is 11.2 Å². The lowest BCUT2D eigenvalue weighted by Gasteiger charge is -2.45. The van der Waals surface area contributed by atoms with Gasteiger partial charge < -0.3 is 23.8 Å². The molecule has 2 N–H and O–H groups in total. The van der Waals surface area contributed by atoms with Gasteiger partial charge in [0, 0.05) is 18.1 Å². The van der Waals surface area contributed by atoms with Crippen molar-refractivity contribution in [3.63, 3.8) is 0 Å². The van der Waals surface area contributed by atoms with E-state index in [-0.39, 0.29) is 46.8 Å². The van der Waals surface area contributed by atoms with E-state index in [4.69, 9.17) is 8.85 Å². The fourth-order valence-electron chi connectivity index (χ4n) is 4.81. The van der Waals surface area contributed by atoms with Gasteiger partial charge in [-0.1, -0.05) is 59.7 Å². The SMILES string of the molecule is CC(C)(C)[Si](C)(C)O[C@@H]1[C@@H](CO)C[C@@H](n2cnc3c(NC(=O)c4ccccc4)ncnc32)[C@@H]1O[Si](C)(C)C(C)(C)C. The molecule has 1 aliphatic rings. The molecule has 2 heterocycles. The van der Waals surface area contributed by atoms with Crippen molar-refractivity contribution in [1.82, 2.24) is 19.5 Å². The predicted octanol–water partition coefficient (Wildman–Crippen LogP) is 6.41. The summed E-state index contributed by atoms with van der Waals surface area (Å²) in [5.74, 6) is -0.000914. The summed E-state index contributed by atoms with van der Waals surface area (Å²) in [5.41, 5.74) is 1.66. The highest BCUT2D eigenvalue weighted by atomic mass is 28.4. The molecule has 4 rings (SSSR count). The van der Waals surface area contributed by atoms with Gasteiger partial charge in [0.15, 0.2) is 33.6 Å². The molecule has 0 saturated heterocycles. The number of hydrogen-bond acceptors (Lipinski definition) is 7. The number of rotatable bonds is 8. The molecule has 4 atom stereocenters. The van der Waals surface area contributed by atoms with Gasteiger partial charge in [0.2, 0.25) is 0 Å². The van der Waals surface area contributed by atoms with Crippen LogP contribution in [-0.4, -0.2) is 66.0 Å². The molecule has 0 radical (unpaired) electrons. The molecule has 1 saturated carbocycles. The Bertz CT molecular complexity index is 1360. The molecule has 41 heavy (non-hydrogen) atoms. The van der Waals surface area contributed by atoms with Crippen LogP contribution in [0.5, 0.6) is 0 Å². The second-order valence-corrected chi connectivity index (χ2v) is 23.8. The molecule has 224 valence electrons. The van der Waals surface area contributed by atoms with Crippen molar-refractivity contribution < 1.29 is 18.8 Å². The maximum absolute atomic E-state index is 12.9. The third-order valence-electron chi connectivity index (χ3n) is 9.40. The number of aromatic nitrogens is 4. The predicted molar refractivity (Wildman–Crippen MR) is 168 cm³/mol. The van der Waals surface area contributed by atoms with Crippen LogP contribution in [0.3, 0.4) is 0 Å². The number of aliphatic hydroxyl groups is 1. The summed E-state index contributed by atoms with van der Waals surface area (Å²) in [5, 5.41) is 13.5. The Hall–Kier alpha value is -2.45. The Labute approximate surface area is 246 Å². The summed E-state index contributed by atoms with van der Waals surface area (Å²) >= 11 is 0. The fraction of sp³-hybridized carbons (Fsp3) is 0.600. The standard InChI is InChI=1S/C30H47N5O4Si2/c1-29(2,3)40(7,8)38-24-21(17-36)16-22(25(24)39-41(9,10)30(4,5)6)35-19-33-23-26(31-18-32-27(23)35)34-28(37)20-14-12-11-13-15-20/h11-15,18-19,21-22,24-25,36H,16-17H2,1-10H3,(H,31,32,34,37)/t21-,22-,24-,25+/m1/s1. The number of aliphatic hydroxyl groups excluding tert-OH is 1. The zero-order chi connectivity index (χ0) is 30.4. The van der Waals surface area contributed by atoms with Crippen molar-refractivity contribution in [1.29, 1.82) is 0 Å². The van der Waals surface area contributed by atoms with Gasteiger partial charge in [0.25, 0.3) is 5.91 Å².